The zero-order chi connectivity index (χ0) is 23.9. The molecule has 0 fully saturated rings. The molecule has 0 saturated heterocycles. The number of benzene rings is 2. The van der Waals surface area contributed by atoms with Crippen molar-refractivity contribution in [3.05, 3.63) is 54.1 Å². The highest BCUT2D eigenvalue weighted by atomic mass is 32.2. The van der Waals surface area contributed by atoms with Crippen LogP contribution in [0.4, 0.5) is 11.4 Å². The Hall–Kier alpha value is -3.24. The van der Waals surface area contributed by atoms with E-state index in [2.05, 4.69) is 15.4 Å². The van der Waals surface area contributed by atoms with Gasteiger partial charge in [0.25, 0.3) is 5.91 Å². The van der Waals surface area contributed by atoms with E-state index in [-0.39, 0.29) is 16.2 Å². The molecule has 2 aromatic rings. The van der Waals surface area contributed by atoms with Crippen molar-refractivity contribution in [3.63, 3.8) is 0 Å². The molecule has 172 valence electrons. The molecule has 0 aromatic heterocycles. The van der Waals surface area contributed by atoms with Crippen molar-refractivity contribution in [1.82, 2.24) is 4.72 Å². The number of esters is 1. The molecule has 9 nitrogen and oxygen atoms in total. The Kier molecular flexibility index (Phi) is 8.12. The van der Waals surface area contributed by atoms with E-state index in [0.717, 1.165) is 5.56 Å². The Morgan fingerprint density at radius 3 is 2.16 bits per heavy atom. The largest absolute Gasteiger partial charge is 0.455 e. The molecule has 0 atom stereocenters. The molecule has 0 aliphatic carbocycles. The van der Waals surface area contributed by atoms with E-state index in [1.165, 1.54) is 31.2 Å². The lowest BCUT2D eigenvalue weighted by Crippen LogP contribution is -2.32. The lowest BCUT2D eigenvalue weighted by Gasteiger charge is -2.22. The normalized spacial score (nSPS) is 11.5. The first-order valence-electron chi connectivity index (χ1n) is 9.81. The van der Waals surface area contributed by atoms with Crippen LogP contribution < -0.4 is 15.4 Å². The number of anilines is 2. The van der Waals surface area contributed by atoms with Crippen LogP contribution in [0, 0.1) is 0 Å². The van der Waals surface area contributed by atoms with Crippen molar-refractivity contribution >= 4 is 39.2 Å². The summed E-state index contributed by atoms with van der Waals surface area (Å²) in [4.78, 5) is 35.0. The zero-order valence-electron chi connectivity index (χ0n) is 18.4. The van der Waals surface area contributed by atoms with Crippen molar-refractivity contribution in [3.8, 4) is 0 Å². The Bertz CT molecular complexity index is 1090. The van der Waals surface area contributed by atoms with Crippen molar-refractivity contribution < 1.29 is 27.5 Å². The summed E-state index contributed by atoms with van der Waals surface area (Å²) in [6.45, 7) is 6.18. The van der Waals surface area contributed by atoms with Crippen molar-refractivity contribution in [2.45, 2.75) is 38.0 Å². The van der Waals surface area contributed by atoms with E-state index in [1.54, 1.807) is 12.1 Å². The molecular formula is C22H27N3O6S. The molecule has 3 N–H and O–H groups in total. The first-order chi connectivity index (χ1) is 14.9. The summed E-state index contributed by atoms with van der Waals surface area (Å²) in [7, 11) is -3.97. The van der Waals surface area contributed by atoms with Gasteiger partial charge in [-0.1, -0.05) is 39.0 Å². The molecule has 2 amide bonds. The van der Waals surface area contributed by atoms with Gasteiger partial charge in [-0.25, -0.2) is 8.42 Å². The smallest absolute Gasteiger partial charge is 0.321 e. The average Bonchev–Trinajstić information content (AvgIpc) is 2.70. The third kappa shape index (κ3) is 7.47. The number of sulfonamides is 1. The maximum Gasteiger partial charge on any atom is 0.321 e. The quantitative estimate of drug-likeness (QED) is 0.518. The summed E-state index contributed by atoms with van der Waals surface area (Å²) in [5.74, 6) is -1.72. The van der Waals surface area contributed by atoms with Gasteiger partial charge in [0, 0.05) is 18.3 Å². The van der Waals surface area contributed by atoms with Crippen LogP contribution in [0.15, 0.2) is 53.4 Å². The second-order valence-corrected chi connectivity index (χ2v) is 9.80. The van der Waals surface area contributed by atoms with Crippen LogP contribution >= 0.6 is 0 Å². The molecule has 0 unspecified atom stereocenters. The van der Waals surface area contributed by atoms with Gasteiger partial charge in [0.15, 0.2) is 6.61 Å². The second-order valence-electron chi connectivity index (χ2n) is 8.03. The van der Waals surface area contributed by atoms with Crippen LogP contribution in [0.5, 0.6) is 0 Å². The van der Waals surface area contributed by atoms with Gasteiger partial charge in [-0.3, -0.25) is 14.4 Å². The zero-order valence-corrected chi connectivity index (χ0v) is 19.2. The van der Waals surface area contributed by atoms with E-state index in [4.69, 9.17) is 4.74 Å². The summed E-state index contributed by atoms with van der Waals surface area (Å²) in [6, 6.07) is 12.7. The lowest BCUT2D eigenvalue weighted by molar-refractivity contribution is -0.146. The van der Waals surface area contributed by atoms with Gasteiger partial charge in [-0.2, -0.15) is 4.72 Å². The molecule has 0 spiro atoms. The minimum absolute atomic E-state index is 0.0871. The summed E-state index contributed by atoms with van der Waals surface area (Å²) in [5, 5.41) is 5.23. The number of ether oxygens (including phenoxy) is 1. The number of rotatable bonds is 8. The van der Waals surface area contributed by atoms with Crippen LogP contribution in [0.3, 0.4) is 0 Å². The van der Waals surface area contributed by atoms with Gasteiger partial charge >= 0.3 is 5.97 Å². The predicted octanol–water partition coefficient (Wildman–Crippen LogP) is 2.40. The highest BCUT2D eigenvalue weighted by Crippen LogP contribution is 2.29. The van der Waals surface area contributed by atoms with Crippen LogP contribution in [-0.2, 0) is 34.6 Å². The summed E-state index contributed by atoms with van der Waals surface area (Å²) in [6.07, 6.45) is 0. The van der Waals surface area contributed by atoms with Gasteiger partial charge in [0.1, 0.15) is 6.54 Å². The first-order valence-corrected chi connectivity index (χ1v) is 11.3. The number of para-hydroxylation sites is 1. The summed E-state index contributed by atoms with van der Waals surface area (Å²) < 4.78 is 31.6. The molecule has 0 saturated carbocycles. The van der Waals surface area contributed by atoms with Gasteiger partial charge in [-0.15, -0.1) is 0 Å². The molecule has 32 heavy (non-hydrogen) atoms. The first kappa shape index (κ1) is 25.0. The van der Waals surface area contributed by atoms with Crippen molar-refractivity contribution in [1.29, 1.82) is 0 Å². The molecular weight excluding hydrogens is 434 g/mol. The fourth-order valence-corrected chi connectivity index (χ4v) is 3.76. The third-order valence-corrected chi connectivity index (χ3v) is 5.68. The van der Waals surface area contributed by atoms with E-state index in [9.17, 15) is 22.8 Å². The summed E-state index contributed by atoms with van der Waals surface area (Å²) in [5.41, 5.74) is 1.79. The molecule has 10 heteroatoms. The monoisotopic (exact) mass is 461 g/mol. The van der Waals surface area contributed by atoms with Gasteiger partial charge in [0.05, 0.1) is 4.90 Å². The minimum Gasteiger partial charge on any atom is -0.455 e. The van der Waals surface area contributed by atoms with Crippen molar-refractivity contribution in [2.24, 2.45) is 0 Å². The van der Waals surface area contributed by atoms with Crippen molar-refractivity contribution in [2.75, 3.05) is 23.8 Å². The fourth-order valence-electron chi connectivity index (χ4n) is 2.79. The van der Waals surface area contributed by atoms with Crippen LogP contribution in [0.2, 0.25) is 0 Å². The maximum atomic E-state index is 12.3. The number of amides is 2. The van der Waals surface area contributed by atoms with E-state index < -0.39 is 35.1 Å². The fraction of sp³-hybridized carbons (Fsp3) is 0.318. The number of hydrogen-bond donors (Lipinski definition) is 3. The Balaban J connectivity index is 1.87. The lowest BCUT2D eigenvalue weighted by atomic mass is 9.86. The van der Waals surface area contributed by atoms with E-state index in [1.807, 2.05) is 32.9 Å². The maximum absolute atomic E-state index is 12.3. The Morgan fingerprint density at radius 2 is 1.56 bits per heavy atom. The van der Waals surface area contributed by atoms with Gasteiger partial charge in [0.2, 0.25) is 15.9 Å². The Morgan fingerprint density at radius 1 is 0.938 bits per heavy atom. The molecule has 0 aliphatic heterocycles. The highest BCUT2D eigenvalue weighted by molar-refractivity contribution is 7.89. The third-order valence-electron chi connectivity index (χ3n) is 4.26. The molecule has 0 heterocycles. The van der Waals surface area contributed by atoms with Crippen LogP contribution in [0.25, 0.3) is 0 Å². The molecule has 0 aliphatic rings. The predicted molar refractivity (Wildman–Crippen MR) is 121 cm³/mol. The summed E-state index contributed by atoms with van der Waals surface area (Å²) >= 11 is 0. The van der Waals surface area contributed by atoms with E-state index >= 15 is 0 Å². The topological polar surface area (TPSA) is 131 Å². The number of carbonyl (C=O) groups is 3. The molecule has 2 aromatic carbocycles. The Labute approximate surface area is 187 Å². The minimum atomic E-state index is -3.97. The number of nitrogens with one attached hydrogen (secondary N) is 3. The highest BCUT2D eigenvalue weighted by Gasteiger charge is 2.20. The van der Waals surface area contributed by atoms with E-state index in [0.29, 0.717) is 11.4 Å². The number of hydrogen-bond acceptors (Lipinski definition) is 6. The van der Waals surface area contributed by atoms with Gasteiger partial charge < -0.3 is 15.4 Å². The second kappa shape index (κ2) is 10.4. The molecule has 2 rings (SSSR count). The van der Waals surface area contributed by atoms with Crippen LogP contribution in [-0.4, -0.2) is 39.4 Å². The average molecular weight is 462 g/mol. The molecule has 0 bridgehead atoms. The van der Waals surface area contributed by atoms with Crippen LogP contribution in [0.1, 0.15) is 33.3 Å². The molecule has 0 radical (unpaired) electrons. The SMILES string of the molecule is CC(=O)Nc1ccc(S(=O)(=O)NCC(=O)OCC(=O)Nc2ccccc2C(C)(C)C)cc1. The standard InChI is InChI=1S/C22H27N3O6S/c1-15(26)24-16-9-11-17(12-10-16)32(29,30)23-13-21(28)31-14-20(27)25-19-8-6-5-7-18(19)22(2,3)4/h5-12,23H,13-14H2,1-4H3,(H,24,26)(H,25,27). The van der Waals surface area contributed by atoms with Gasteiger partial charge in [-0.05, 0) is 41.3 Å². The number of carbonyl (C=O) groups excluding carboxylic acids is 3.